The minimum atomic E-state index is -3.04. The van der Waals surface area contributed by atoms with Crippen LogP contribution in [0.4, 0.5) is 0 Å². The van der Waals surface area contributed by atoms with E-state index in [2.05, 4.69) is 10.3 Å². The fourth-order valence-electron chi connectivity index (χ4n) is 2.85. The highest BCUT2D eigenvalue weighted by atomic mass is 32.2. The first kappa shape index (κ1) is 19.2. The second-order valence-corrected chi connectivity index (χ2v) is 8.54. The number of hydrogen-bond donors (Lipinski definition) is 1. The summed E-state index contributed by atoms with van der Waals surface area (Å²) in [5, 5.41) is 2.78. The number of hydrogen-bond acceptors (Lipinski definition) is 6. The van der Waals surface area contributed by atoms with Crippen molar-refractivity contribution in [3.05, 3.63) is 53.9 Å². The van der Waals surface area contributed by atoms with Crippen LogP contribution in [0.2, 0.25) is 0 Å². The zero-order valence-corrected chi connectivity index (χ0v) is 15.9. The molecule has 0 radical (unpaired) electrons. The van der Waals surface area contributed by atoms with Gasteiger partial charge >= 0.3 is 0 Å². The van der Waals surface area contributed by atoms with Gasteiger partial charge < -0.3 is 14.8 Å². The largest absolute Gasteiger partial charge is 0.490 e. The third-order valence-electron chi connectivity index (χ3n) is 4.22. The third kappa shape index (κ3) is 5.19. The molecule has 8 heteroatoms. The normalized spacial score (nSPS) is 18.0. The number of rotatable bonds is 7. The van der Waals surface area contributed by atoms with Gasteiger partial charge in [0, 0.05) is 24.0 Å². The lowest BCUT2D eigenvalue weighted by Crippen LogP contribution is -2.35. The fraction of sp³-hybridized carbons (Fsp3) is 0.368. The molecular weight excluding hydrogens is 368 g/mol. The number of ether oxygens (including phenoxy) is 2. The van der Waals surface area contributed by atoms with E-state index < -0.39 is 9.84 Å². The monoisotopic (exact) mass is 390 g/mol. The van der Waals surface area contributed by atoms with E-state index in [-0.39, 0.29) is 23.5 Å². The molecule has 1 fully saturated rings. The van der Waals surface area contributed by atoms with E-state index in [1.807, 2.05) is 19.1 Å². The molecule has 144 valence electrons. The Labute approximate surface area is 158 Å². The van der Waals surface area contributed by atoms with Crippen LogP contribution >= 0.6 is 0 Å². The maximum atomic E-state index is 12.4. The van der Waals surface area contributed by atoms with Crippen molar-refractivity contribution in [3.8, 4) is 11.5 Å². The zero-order chi connectivity index (χ0) is 19.3. The molecule has 0 aliphatic carbocycles. The average molecular weight is 390 g/mol. The molecule has 1 aromatic carbocycles. The predicted molar refractivity (Wildman–Crippen MR) is 101 cm³/mol. The minimum absolute atomic E-state index is 0.00974. The molecule has 1 aliphatic heterocycles. The number of benzene rings is 1. The number of pyridine rings is 1. The van der Waals surface area contributed by atoms with Crippen molar-refractivity contribution in [2.24, 2.45) is 0 Å². The standard InChI is InChI=1S/C19H22N2O5S/c1-2-25-18-11-15(19(22)21-16-7-10-27(23,24)13-16)3-4-17(18)26-12-14-5-8-20-9-6-14/h3-6,8-9,11,16H,2,7,10,12-13H2,1H3,(H,21,22). The van der Waals surface area contributed by atoms with Gasteiger partial charge in [0.15, 0.2) is 21.3 Å². The first-order valence-corrected chi connectivity index (χ1v) is 10.6. The quantitative estimate of drug-likeness (QED) is 0.777. The lowest BCUT2D eigenvalue weighted by Gasteiger charge is -2.15. The number of amides is 1. The van der Waals surface area contributed by atoms with Gasteiger partial charge in [-0.05, 0) is 49.2 Å². The number of carbonyl (C=O) groups excluding carboxylic acids is 1. The Kier molecular flexibility index (Phi) is 5.95. The van der Waals surface area contributed by atoms with Crippen LogP contribution in [0.5, 0.6) is 11.5 Å². The molecule has 2 aromatic rings. The topological polar surface area (TPSA) is 94.6 Å². The number of aromatic nitrogens is 1. The molecular formula is C19H22N2O5S. The van der Waals surface area contributed by atoms with Gasteiger partial charge in [-0.2, -0.15) is 0 Å². The molecule has 0 bridgehead atoms. The van der Waals surface area contributed by atoms with Crippen molar-refractivity contribution in [1.82, 2.24) is 10.3 Å². The Hall–Kier alpha value is -2.61. The van der Waals surface area contributed by atoms with Crippen molar-refractivity contribution in [2.45, 2.75) is 26.0 Å². The van der Waals surface area contributed by atoms with Crippen molar-refractivity contribution in [3.63, 3.8) is 0 Å². The van der Waals surface area contributed by atoms with Crippen molar-refractivity contribution in [1.29, 1.82) is 0 Å². The summed E-state index contributed by atoms with van der Waals surface area (Å²) in [5.41, 5.74) is 1.37. The van der Waals surface area contributed by atoms with Crippen LogP contribution < -0.4 is 14.8 Å². The van der Waals surface area contributed by atoms with E-state index >= 15 is 0 Å². The zero-order valence-electron chi connectivity index (χ0n) is 15.1. The Morgan fingerprint density at radius 3 is 2.63 bits per heavy atom. The maximum absolute atomic E-state index is 12.4. The molecule has 2 heterocycles. The van der Waals surface area contributed by atoms with E-state index in [9.17, 15) is 13.2 Å². The van der Waals surface area contributed by atoms with Crippen molar-refractivity contribution < 1.29 is 22.7 Å². The van der Waals surface area contributed by atoms with Crippen molar-refractivity contribution in [2.75, 3.05) is 18.1 Å². The summed E-state index contributed by atoms with van der Waals surface area (Å²) < 4.78 is 34.5. The summed E-state index contributed by atoms with van der Waals surface area (Å²) in [6.07, 6.45) is 3.83. The van der Waals surface area contributed by atoms with E-state index in [1.54, 1.807) is 30.6 Å². The SMILES string of the molecule is CCOc1cc(C(=O)NC2CCS(=O)(=O)C2)ccc1OCc1ccncc1. The van der Waals surface area contributed by atoms with Gasteiger partial charge in [0.1, 0.15) is 6.61 Å². The van der Waals surface area contributed by atoms with Crippen LogP contribution in [0.3, 0.4) is 0 Å². The summed E-state index contributed by atoms with van der Waals surface area (Å²) in [7, 11) is -3.04. The first-order chi connectivity index (χ1) is 13.0. The molecule has 1 aliphatic rings. The molecule has 1 aromatic heterocycles. The Morgan fingerprint density at radius 1 is 1.19 bits per heavy atom. The van der Waals surface area contributed by atoms with Crippen LogP contribution in [0.15, 0.2) is 42.7 Å². The highest BCUT2D eigenvalue weighted by molar-refractivity contribution is 7.91. The van der Waals surface area contributed by atoms with E-state index in [4.69, 9.17) is 9.47 Å². The fourth-order valence-corrected chi connectivity index (χ4v) is 4.53. The van der Waals surface area contributed by atoms with Gasteiger partial charge in [-0.3, -0.25) is 9.78 Å². The second-order valence-electron chi connectivity index (χ2n) is 6.31. The average Bonchev–Trinajstić information content (AvgIpc) is 3.00. The smallest absolute Gasteiger partial charge is 0.251 e. The lowest BCUT2D eigenvalue weighted by molar-refractivity contribution is 0.0940. The highest BCUT2D eigenvalue weighted by Crippen LogP contribution is 2.29. The maximum Gasteiger partial charge on any atom is 0.251 e. The molecule has 1 saturated heterocycles. The van der Waals surface area contributed by atoms with E-state index in [0.717, 1.165) is 5.56 Å². The molecule has 1 unspecified atom stereocenters. The predicted octanol–water partition coefficient (Wildman–Crippen LogP) is 1.98. The Bertz CT molecular complexity index is 900. The second kappa shape index (κ2) is 8.39. The van der Waals surface area contributed by atoms with E-state index in [1.165, 1.54) is 0 Å². The molecule has 1 N–H and O–H groups in total. The summed E-state index contributed by atoms with van der Waals surface area (Å²) >= 11 is 0. The van der Waals surface area contributed by atoms with Crippen LogP contribution in [-0.4, -0.2) is 43.5 Å². The molecule has 1 amide bonds. The Balaban J connectivity index is 1.69. The third-order valence-corrected chi connectivity index (χ3v) is 5.99. The summed E-state index contributed by atoms with van der Waals surface area (Å²) in [6.45, 7) is 2.63. The van der Waals surface area contributed by atoms with Crippen molar-refractivity contribution >= 4 is 15.7 Å². The molecule has 0 spiro atoms. The molecule has 1 atom stereocenters. The first-order valence-electron chi connectivity index (χ1n) is 8.76. The van der Waals surface area contributed by atoms with Gasteiger partial charge in [-0.25, -0.2) is 8.42 Å². The molecule has 3 rings (SSSR count). The number of nitrogens with zero attached hydrogens (tertiary/aromatic N) is 1. The highest BCUT2D eigenvalue weighted by Gasteiger charge is 2.29. The van der Waals surface area contributed by atoms with Gasteiger partial charge in [0.05, 0.1) is 18.1 Å². The van der Waals surface area contributed by atoms with Gasteiger partial charge in [-0.15, -0.1) is 0 Å². The molecule has 27 heavy (non-hydrogen) atoms. The number of carbonyl (C=O) groups is 1. The minimum Gasteiger partial charge on any atom is -0.490 e. The van der Waals surface area contributed by atoms with Gasteiger partial charge in [0.25, 0.3) is 5.91 Å². The lowest BCUT2D eigenvalue weighted by atomic mass is 10.1. The summed E-state index contributed by atoms with van der Waals surface area (Å²) in [5.74, 6) is 0.791. The summed E-state index contributed by atoms with van der Waals surface area (Å²) in [4.78, 5) is 16.4. The Morgan fingerprint density at radius 2 is 1.96 bits per heavy atom. The van der Waals surface area contributed by atoms with E-state index in [0.29, 0.717) is 36.7 Å². The van der Waals surface area contributed by atoms with Gasteiger partial charge in [-0.1, -0.05) is 0 Å². The van der Waals surface area contributed by atoms with Crippen LogP contribution in [0.1, 0.15) is 29.3 Å². The number of sulfone groups is 1. The van der Waals surface area contributed by atoms with Crippen LogP contribution in [0.25, 0.3) is 0 Å². The summed E-state index contributed by atoms with van der Waals surface area (Å²) in [6, 6.07) is 8.32. The molecule has 0 saturated carbocycles. The van der Waals surface area contributed by atoms with Gasteiger partial charge in [0.2, 0.25) is 0 Å². The van der Waals surface area contributed by atoms with Crippen LogP contribution in [-0.2, 0) is 16.4 Å². The van der Waals surface area contributed by atoms with Crippen LogP contribution in [0, 0.1) is 0 Å². The number of nitrogens with one attached hydrogen (secondary N) is 1. The molecule has 7 nitrogen and oxygen atoms in total.